The Morgan fingerprint density at radius 2 is 1.63 bits per heavy atom. The van der Waals surface area contributed by atoms with Crippen LogP contribution in [0.5, 0.6) is 0 Å². The van der Waals surface area contributed by atoms with Crippen molar-refractivity contribution in [2.75, 3.05) is 6.54 Å². The molecule has 1 heterocycles. The summed E-state index contributed by atoms with van der Waals surface area (Å²) in [4.78, 5) is 73.3. The molecule has 3 unspecified atom stereocenters. The Hall–Kier alpha value is -4.46. The zero-order valence-electron chi connectivity index (χ0n) is 18.4. The van der Waals surface area contributed by atoms with Crippen LogP contribution in [0, 0.1) is 0 Å². The molecule has 0 aliphatic heterocycles. The molecule has 14 heteroatoms. The van der Waals surface area contributed by atoms with Crippen LogP contribution >= 0.6 is 0 Å². The van der Waals surface area contributed by atoms with Crippen LogP contribution in [-0.2, 0) is 35.2 Å². The molecule has 1 aromatic heterocycles. The van der Waals surface area contributed by atoms with Crippen molar-refractivity contribution in [3.63, 3.8) is 0 Å². The molecule has 0 bridgehead atoms. The van der Waals surface area contributed by atoms with E-state index in [1.54, 1.807) is 18.3 Å². The van der Waals surface area contributed by atoms with Crippen molar-refractivity contribution in [2.45, 2.75) is 37.4 Å². The van der Waals surface area contributed by atoms with Crippen molar-refractivity contribution in [1.82, 2.24) is 20.9 Å². The lowest BCUT2D eigenvalue weighted by atomic mass is 10.0. The summed E-state index contributed by atoms with van der Waals surface area (Å²) in [5.74, 6) is -6.46. The van der Waals surface area contributed by atoms with Crippen molar-refractivity contribution in [3.05, 3.63) is 36.0 Å². The minimum atomic E-state index is -1.60. The highest BCUT2D eigenvalue weighted by molar-refractivity contribution is 5.95. The number of aromatic nitrogens is 1. The summed E-state index contributed by atoms with van der Waals surface area (Å²) in [6.07, 6.45) is 0.245. The van der Waals surface area contributed by atoms with E-state index < -0.39 is 73.1 Å². The molecule has 1 aromatic carbocycles. The monoisotopic (exact) mass is 490 g/mol. The lowest BCUT2D eigenvalue weighted by molar-refractivity contribution is -0.142. The van der Waals surface area contributed by atoms with Gasteiger partial charge in [-0.2, -0.15) is 0 Å². The molecular formula is C21H26N6O8. The first-order valence-electron chi connectivity index (χ1n) is 10.4. The van der Waals surface area contributed by atoms with Gasteiger partial charge in [0.2, 0.25) is 23.6 Å². The van der Waals surface area contributed by atoms with Crippen LogP contribution in [0.1, 0.15) is 18.4 Å². The fourth-order valence-corrected chi connectivity index (χ4v) is 3.23. The third-order valence-corrected chi connectivity index (χ3v) is 4.93. The topological polar surface area (TPSA) is 247 Å². The van der Waals surface area contributed by atoms with Gasteiger partial charge in [0.1, 0.15) is 12.1 Å². The number of primary amides is 1. The molecule has 0 fully saturated rings. The largest absolute Gasteiger partial charge is 0.481 e. The number of carboxylic acids is 2. The average molecular weight is 490 g/mol. The normalized spacial score (nSPS) is 13.3. The van der Waals surface area contributed by atoms with E-state index in [1.165, 1.54) is 0 Å². The third-order valence-electron chi connectivity index (χ3n) is 4.93. The zero-order valence-corrected chi connectivity index (χ0v) is 18.4. The van der Waals surface area contributed by atoms with Gasteiger partial charge in [0.05, 0.1) is 25.4 Å². The number of carbonyl (C=O) groups is 6. The average Bonchev–Trinajstić information content (AvgIpc) is 3.18. The van der Waals surface area contributed by atoms with Crippen molar-refractivity contribution >= 4 is 46.5 Å². The predicted molar refractivity (Wildman–Crippen MR) is 121 cm³/mol. The van der Waals surface area contributed by atoms with E-state index in [0.29, 0.717) is 5.56 Å². The van der Waals surface area contributed by atoms with Crippen molar-refractivity contribution in [1.29, 1.82) is 0 Å². The SMILES string of the molecule is NC(=O)CC(N)C(=O)NC(CC(=O)O)C(=O)NCC(=O)NC(Cc1c[nH]c2ccccc12)C(=O)O. The Morgan fingerprint density at radius 1 is 0.943 bits per heavy atom. The number of hydrogen-bond acceptors (Lipinski definition) is 7. The van der Waals surface area contributed by atoms with Gasteiger partial charge in [-0.05, 0) is 11.6 Å². The molecule has 0 aliphatic carbocycles. The molecule has 2 rings (SSSR count). The van der Waals surface area contributed by atoms with Crippen LogP contribution in [0.25, 0.3) is 10.9 Å². The van der Waals surface area contributed by atoms with E-state index in [2.05, 4.69) is 20.9 Å². The number of para-hydroxylation sites is 1. The number of carboxylic acid groups (broad SMARTS) is 2. The van der Waals surface area contributed by atoms with Gasteiger partial charge in [-0.1, -0.05) is 18.2 Å². The second kappa shape index (κ2) is 12.1. The maximum atomic E-state index is 12.4. The first kappa shape index (κ1) is 26.8. The summed E-state index contributed by atoms with van der Waals surface area (Å²) in [6.45, 7) is -0.685. The highest BCUT2D eigenvalue weighted by Crippen LogP contribution is 2.19. The quantitative estimate of drug-likeness (QED) is 0.148. The van der Waals surface area contributed by atoms with Crippen LogP contribution in [0.2, 0.25) is 0 Å². The predicted octanol–water partition coefficient (Wildman–Crippen LogP) is -2.44. The van der Waals surface area contributed by atoms with Crippen LogP contribution in [0.4, 0.5) is 0 Å². The fourth-order valence-electron chi connectivity index (χ4n) is 3.23. The Kier molecular flexibility index (Phi) is 9.28. The van der Waals surface area contributed by atoms with E-state index in [0.717, 1.165) is 10.9 Å². The van der Waals surface area contributed by atoms with Gasteiger partial charge in [0.15, 0.2) is 0 Å². The molecule has 188 valence electrons. The second-order valence-electron chi connectivity index (χ2n) is 7.68. The zero-order chi connectivity index (χ0) is 26.1. The van der Waals surface area contributed by atoms with E-state index in [-0.39, 0.29) is 6.42 Å². The molecule has 35 heavy (non-hydrogen) atoms. The number of aromatic amines is 1. The van der Waals surface area contributed by atoms with Gasteiger partial charge in [0.25, 0.3) is 0 Å². The van der Waals surface area contributed by atoms with Crippen molar-refractivity contribution in [2.24, 2.45) is 11.5 Å². The summed E-state index contributed by atoms with van der Waals surface area (Å²) in [5.41, 5.74) is 11.9. The van der Waals surface area contributed by atoms with Crippen molar-refractivity contribution < 1.29 is 39.0 Å². The minimum Gasteiger partial charge on any atom is -0.481 e. The number of hydrogen-bond donors (Lipinski definition) is 8. The van der Waals surface area contributed by atoms with Crippen LogP contribution in [0.3, 0.4) is 0 Å². The second-order valence-corrected chi connectivity index (χ2v) is 7.68. The molecule has 3 atom stereocenters. The lowest BCUT2D eigenvalue weighted by Crippen LogP contribution is -2.54. The van der Waals surface area contributed by atoms with Crippen LogP contribution in [-0.4, -0.2) is 75.4 Å². The number of H-pyrrole nitrogens is 1. The number of aliphatic carboxylic acids is 2. The molecule has 0 spiro atoms. The van der Waals surface area contributed by atoms with Gasteiger partial charge >= 0.3 is 11.9 Å². The molecule has 0 aliphatic rings. The van der Waals surface area contributed by atoms with Gasteiger partial charge < -0.3 is 42.6 Å². The molecule has 0 saturated heterocycles. The molecule has 0 saturated carbocycles. The van der Waals surface area contributed by atoms with Crippen LogP contribution < -0.4 is 27.4 Å². The number of benzene rings is 1. The summed E-state index contributed by atoms with van der Waals surface area (Å²) in [7, 11) is 0. The molecule has 4 amide bonds. The molecule has 2 aromatic rings. The standard InChI is InChI=1S/C21H26N6O8/c22-12(6-16(23)28)19(32)27-14(7-18(30)31)20(33)25-9-17(29)26-15(21(34)35)5-10-8-24-13-4-2-1-3-11(10)13/h1-4,8,12,14-15,24H,5-7,9,22H2,(H2,23,28)(H,25,33)(H,26,29)(H,27,32)(H,30,31)(H,34,35). The Labute approximate surface area is 198 Å². The number of nitrogens with two attached hydrogens (primary N) is 2. The maximum absolute atomic E-state index is 12.4. The molecule has 14 nitrogen and oxygen atoms in total. The number of carbonyl (C=O) groups excluding carboxylic acids is 4. The number of amides is 4. The maximum Gasteiger partial charge on any atom is 0.326 e. The van der Waals surface area contributed by atoms with E-state index in [9.17, 15) is 33.9 Å². The highest BCUT2D eigenvalue weighted by atomic mass is 16.4. The third kappa shape index (κ3) is 8.12. The van der Waals surface area contributed by atoms with Gasteiger partial charge in [-0.25, -0.2) is 4.79 Å². The van der Waals surface area contributed by atoms with Gasteiger partial charge in [-0.3, -0.25) is 24.0 Å². The van der Waals surface area contributed by atoms with E-state index in [4.69, 9.17) is 16.6 Å². The van der Waals surface area contributed by atoms with Gasteiger partial charge in [0, 0.05) is 23.5 Å². The number of fused-ring (bicyclic) bond motifs is 1. The molecule has 10 N–H and O–H groups in total. The van der Waals surface area contributed by atoms with Crippen molar-refractivity contribution in [3.8, 4) is 0 Å². The first-order valence-corrected chi connectivity index (χ1v) is 10.4. The smallest absolute Gasteiger partial charge is 0.326 e. The lowest BCUT2D eigenvalue weighted by Gasteiger charge is -2.19. The highest BCUT2D eigenvalue weighted by Gasteiger charge is 2.28. The summed E-state index contributed by atoms with van der Waals surface area (Å²) in [5, 5.41) is 25.8. The minimum absolute atomic E-state index is 0.0333. The molecule has 0 radical (unpaired) electrons. The van der Waals surface area contributed by atoms with E-state index >= 15 is 0 Å². The fraction of sp³-hybridized carbons (Fsp3) is 0.333. The number of rotatable bonds is 13. The van der Waals surface area contributed by atoms with E-state index in [1.807, 2.05) is 12.1 Å². The number of nitrogens with one attached hydrogen (secondary N) is 4. The summed E-state index contributed by atoms with van der Waals surface area (Å²) in [6, 6.07) is 2.91. The Balaban J connectivity index is 1.97. The van der Waals surface area contributed by atoms with Gasteiger partial charge in [-0.15, -0.1) is 0 Å². The summed E-state index contributed by atoms with van der Waals surface area (Å²) < 4.78 is 0. The molecular weight excluding hydrogens is 464 g/mol. The first-order chi connectivity index (χ1) is 16.5. The Bertz CT molecular complexity index is 1130. The van der Waals surface area contributed by atoms with Crippen LogP contribution in [0.15, 0.2) is 30.5 Å². The Morgan fingerprint density at radius 3 is 2.26 bits per heavy atom. The summed E-state index contributed by atoms with van der Waals surface area (Å²) >= 11 is 0.